The van der Waals surface area contributed by atoms with E-state index in [2.05, 4.69) is 21.3 Å². The van der Waals surface area contributed by atoms with Crippen molar-refractivity contribution in [3.05, 3.63) is 71.8 Å². The predicted molar refractivity (Wildman–Crippen MR) is 89.6 cm³/mol. The lowest BCUT2D eigenvalue weighted by atomic mass is 9.68. The standard InChI is InChI=1S/C18H14N4O4/c23-13-17(21-15(25)19-13,11-7-3-1-4-8-11)18(12-9-5-2-6-10-12)14(24)20-16(26)22-18/h1-10H,(H2,19,21,23,25)(H2,20,22,24,26)/t17-,18+. The first-order valence-electron chi connectivity index (χ1n) is 7.89. The molecule has 4 N–H and O–H groups in total. The van der Waals surface area contributed by atoms with Crippen LogP contribution in [0, 0.1) is 0 Å². The summed E-state index contributed by atoms with van der Waals surface area (Å²) in [4.78, 5) is 50.1. The second-order valence-electron chi connectivity index (χ2n) is 6.05. The highest BCUT2D eigenvalue weighted by molar-refractivity contribution is 6.17. The van der Waals surface area contributed by atoms with E-state index in [1.165, 1.54) is 0 Å². The Hall–Kier alpha value is -3.68. The van der Waals surface area contributed by atoms with Crippen LogP contribution < -0.4 is 21.3 Å². The van der Waals surface area contributed by atoms with Crippen LogP contribution in [0.25, 0.3) is 0 Å². The summed E-state index contributed by atoms with van der Waals surface area (Å²) in [6.07, 6.45) is 0. The van der Waals surface area contributed by atoms with Crippen molar-refractivity contribution in [2.75, 3.05) is 0 Å². The third-order valence-corrected chi connectivity index (χ3v) is 4.71. The molecule has 8 nitrogen and oxygen atoms in total. The molecular weight excluding hydrogens is 336 g/mol. The molecule has 2 aromatic carbocycles. The molecule has 8 heteroatoms. The van der Waals surface area contributed by atoms with Crippen molar-refractivity contribution in [1.29, 1.82) is 0 Å². The molecule has 26 heavy (non-hydrogen) atoms. The van der Waals surface area contributed by atoms with E-state index >= 15 is 0 Å². The number of imide groups is 2. The first kappa shape index (κ1) is 15.8. The Kier molecular flexibility index (Phi) is 3.30. The Morgan fingerprint density at radius 1 is 0.538 bits per heavy atom. The smallest absolute Gasteiger partial charge is 0.317 e. The number of hydrogen-bond donors (Lipinski definition) is 4. The number of carbonyl (C=O) groups is 4. The average Bonchev–Trinajstić information content (AvgIpc) is 3.12. The van der Waals surface area contributed by atoms with Gasteiger partial charge in [-0.3, -0.25) is 20.2 Å². The summed E-state index contributed by atoms with van der Waals surface area (Å²) in [7, 11) is 0. The quantitative estimate of drug-likeness (QED) is 0.602. The van der Waals surface area contributed by atoms with Crippen LogP contribution in [0.3, 0.4) is 0 Å². The maximum Gasteiger partial charge on any atom is 0.322 e. The van der Waals surface area contributed by atoms with Gasteiger partial charge in [0.1, 0.15) is 0 Å². The van der Waals surface area contributed by atoms with Crippen LogP contribution in [0.1, 0.15) is 11.1 Å². The van der Waals surface area contributed by atoms with Gasteiger partial charge in [-0.2, -0.15) is 0 Å². The first-order chi connectivity index (χ1) is 12.5. The summed E-state index contributed by atoms with van der Waals surface area (Å²) in [5.41, 5.74) is -2.96. The third kappa shape index (κ3) is 1.89. The summed E-state index contributed by atoms with van der Waals surface area (Å²) < 4.78 is 0. The van der Waals surface area contributed by atoms with E-state index in [0.29, 0.717) is 11.1 Å². The molecule has 0 bridgehead atoms. The molecule has 0 saturated carbocycles. The van der Waals surface area contributed by atoms with E-state index in [0.717, 1.165) is 0 Å². The molecule has 130 valence electrons. The fraction of sp³-hybridized carbons (Fsp3) is 0.111. The molecule has 4 rings (SSSR count). The van der Waals surface area contributed by atoms with Crippen molar-refractivity contribution in [2.24, 2.45) is 0 Å². The van der Waals surface area contributed by atoms with Gasteiger partial charge in [0.2, 0.25) is 0 Å². The van der Waals surface area contributed by atoms with E-state index in [9.17, 15) is 19.2 Å². The molecule has 6 amide bonds. The fourth-order valence-electron chi connectivity index (χ4n) is 3.65. The highest BCUT2D eigenvalue weighted by Crippen LogP contribution is 2.44. The van der Waals surface area contributed by atoms with E-state index in [4.69, 9.17) is 0 Å². The summed E-state index contributed by atoms with van der Waals surface area (Å²) in [5, 5.41) is 9.57. The minimum absolute atomic E-state index is 0.365. The fourth-order valence-corrected chi connectivity index (χ4v) is 3.65. The number of urea groups is 2. The van der Waals surface area contributed by atoms with Crippen molar-refractivity contribution in [3.63, 3.8) is 0 Å². The maximum atomic E-state index is 13.0. The van der Waals surface area contributed by atoms with E-state index in [1.54, 1.807) is 60.7 Å². The van der Waals surface area contributed by atoms with Gasteiger partial charge < -0.3 is 10.6 Å². The molecule has 2 fully saturated rings. The van der Waals surface area contributed by atoms with Gasteiger partial charge in [0.05, 0.1) is 0 Å². The molecule has 2 saturated heterocycles. The molecule has 0 aliphatic carbocycles. The molecule has 0 radical (unpaired) electrons. The molecule has 0 aromatic heterocycles. The second-order valence-corrected chi connectivity index (χ2v) is 6.05. The monoisotopic (exact) mass is 350 g/mol. The molecule has 2 aliphatic rings. The summed E-state index contributed by atoms with van der Waals surface area (Å²) in [6, 6.07) is 15.2. The number of hydrogen-bond acceptors (Lipinski definition) is 4. The van der Waals surface area contributed by atoms with Crippen LogP contribution >= 0.6 is 0 Å². The summed E-state index contributed by atoms with van der Waals surface area (Å²) in [5.74, 6) is -1.45. The van der Waals surface area contributed by atoms with Crippen molar-refractivity contribution in [1.82, 2.24) is 21.3 Å². The normalized spacial score (nSPS) is 27.5. The van der Waals surface area contributed by atoms with Crippen molar-refractivity contribution in [3.8, 4) is 0 Å². The largest absolute Gasteiger partial charge is 0.322 e. The average molecular weight is 350 g/mol. The number of rotatable bonds is 3. The number of amides is 6. The van der Waals surface area contributed by atoms with Gasteiger partial charge in [-0.15, -0.1) is 0 Å². The minimum Gasteiger partial charge on any atom is -0.317 e. The van der Waals surface area contributed by atoms with Crippen LogP contribution in [0.5, 0.6) is 0 Å². The molecule has 0 unspecified atom stereocenters. The number of carbonyl (C=O) groups excluding carboxylic acids is 4. The Balaban J connectivity index is 2.07. The topological polar surface area (TPSA) is 116 Å². The van der Waals surface area contributed by atoms with Gasteiger partial charge in [-0.25, -0.2) is 9.59 Å². The van der Waals surface area contributed by atoms with Gasteiger partial charge in [0, 0.05) is 0 Å². The highest BCUT2D eigenvalue weighted by atomic mass is 16.2. The minimum atomic E-state index is -1.84. The van der Waals surface area contributed by atoms with E-state index in [-0.39, 0.29) is 0 Å². The van der Waals surface area contributed by atoms with Gasteiger partial charge in [0.25, 0.3) is 11.8 Å². The Bertz CT molecular complexity index is 853. The summed E-state index contributed by atoms with van der Waals surface area (Å²) >= 11 is 0. The summed E-state index contributed by atoms with van der Waals surface area (Å²) in [6.45, 7) is 0. The van der Waals surface area contributed by atoms with E-state index in [1.807, 2.05) is 0 Å². The molecule has 2 atom stereocenters. The van der Waals surface area contributed by atoms with Gasteiger partial charge in [-0.05, 0) is 11.1 Å². The lowest BCUT2D eigenvalue weighted by Gasteiger charge is -2.41. The van der Waals surface area contributed by atoms with Crippen LogP contribution in [-0.2, 0) is 20.7 Å². The molecular formula is C18H14N4O4. The Labute approximate surface area is 148 Å². The van der Waals surface area contributed by atoms with Crippen molar-refractivity contribution in [2.45, 2.75) is 11.1 Å². The number of benzene rings is 2. The first-order valence-corrected chi connectivity index (χ1v) is 7.89. The van der Waals surface area contributed by atoms with Crippen LogP contribution in [0.4, 0.5) is 9.59 Å². The van der Waals surface area contributed by atoms with E-state index < -0.39 is 35.0 Å². The van der Waals surface area contributed by atoms with Gasteiger partial charge >= 0.3 is 12.1 Å². The molecule has 2 aliphatic heterocycles. The van der Waals surface area contributed by atoms with Gasteiger partial charge in [0.15, 0.2) is 11.1 Å². The maximum absolute atomic E-state index is 13.0. The molecule has 2 aromatic rings. The molecule has 0 spiro atoms. The zero-order chi connectivity index (χ0) is 18.4. The van der Waals surface area contributed by atoms with Crippen LogP contribution in [-0.4, -0.2) is 23.9 Å². The Morgan fingerprint density at radius 2 is 0.885 bits per heavy atom. The lowest BCUT2D eigenvalue weighted by Crippen LogP contribution is -2.67. The SMILES string of the molecule is O=C1NC(=O)[C@@](c2ccccc2)([C@]2(c3ccccc3)NC(=O)NC2=O)N1. The Morgan fingerprint density at radius 3 is 1.15 bits per heavy atom. The third-order valence-electron chi connectivity index (χ3n) is 4.71. The number of nitrogens with one attached hydrogen (secondary N) is 4. The van der Waals surface area contributed by atoms with Crippen LogP contribution in [0.2, 0.25) is 0 Å². The van der Waals surface area contributed by atoms with Crippen molar-refractivity contribution >= 4 is 23.9 Å². The van der Waals surface area contributed by atoms with Gasteiger partial charge in [-0.1, -0.05) is 60.7 Å². The predicted octanol–water partition coefficient (Wildman–Crippen LogP) is 0.456. The lowest BCUT2D eigenvalue weighted by molar-refractivity contribution is -0.136. The van der Waals surface area contributed by atoms with Crippen molar-refractivity contribution < 1.29 is 19.2 Å². The van der Waals surface area contributed by atoms with Crippen LogP contribution in [0.15, 0.2) is 60.7 Å². The second kappa shape index (κ2) is 5.41. The molecule has 2 heterocycles. The zero-order valence-electron chi connectivity index (χ0n) is 13.4. The highest BCUT2D eigenvalue weighted by Gasteiger charge is 2.69. The zero-order valence-corrected chi connectivity index (χ0v) is 13.4.